The Kier molecular flexibility index (Phi) is 4.29. The van der Waals surface area contributed by atoms with E-state index in [0.29, 0.717) is 0 Å². The maximum atomic E-state index is 11.5. The fraction of sp³-hybridized carbons (Fsp3) is 0.200. The van der Waals surface area contributed by atoms with Crippen LogP contribution in [0, 0.1) is 10.1 Å². The van der Waals surface area contributed by atoms with E-state index < -0.39 is 16.7 Å². The summed E-state index contributed by atoms with van der Waals surface area (Å²) in [5.41, 5.74) is 0.0461. The molecular formula is C10H10N2O5. The van der Waals surface area contributed by atoms with Crippen LogP contribution < -0.4 is 5.32 Å². The highest BCUT2D eigenvalue weighted by atomic mass is 16.6. The van der Waals surface area contributed by atoms with Crippen LogP contribution in [0.5, 0.6) is 0 Å². The molecule has 2 amide bonds. The average molecular weight is 238 g/mol. The number of nitrogens with one attached hydrogen (secondary N) is 1. The highest BCUT2D eigenvalue weighted by Gasteiger charge is 2.11. The largest absolute Gasteiger partial charge is 0.375 e. The molecule has 7 nitrogen and oxygen atoms in total. The first kappa shape index (κ1) is 12.8. The van der Waals surface area contributed by atoms with Crippen LogP contribution in [0.2, 0.25) is 0 Å². The SMILES string of the molecule is COCC(=O)NC(=O)c1ccc([N+](=O)[O-])cc1. The molecule has 1 aromatic rings. The Morgan fingerprint density at radius 2 is 1.94 bits per heavy atom. The van der Waals surface area contributed by atoms with E-state index in [9.17, 15) is 19.7 Å². The summed E-state index contributed by atoms with van der Waals surface area (Å²) in [6, 6.07) is 4.92. The Balaban J connectivity index is 2.70. The second kappa shape index (κ2) is 5.71. The normalized spacial score (nSPS) is 9.71. The van der Waals surface area contributed by atoms with Crippen molar-refractivity contribution in [2.24, 2.45) is 0 Å². The number of ether oxygens (including phenoxy) is 1. The van der Waals surface area contributed by atoms with Gasteiger partial charge < -0.3 is 4.74 Å². The number of methoxy groups -OCH3 is 1. The summed E-state index contributed by atoms with van der Waals surface area (Å²) < 4.78 is 4.54. The third-order valence-electron chi connectivity index (χ3n) is 1.87. The van der Waals surface area contributed by atoms with Gasteiger partial charge in [-0.1, -0.05) is 0 Å². The van der Waals surface area contributed by atoms with Crippen LogP contribution >= 0.6 is 0 Å². The summed E-state index contributed by atoms with van der Waals surface area (Å²) in [6.45, 7) is -0.223. The standard InChI is InChI=1S/C10H10N2O5/c1-17-6-9(13)11-10(14)7-2-4-8(5-3-7)12(15)16/h2-5H,6H2,1H3,(H,11,13,14). The number of amides is 2. The molecule has 0 heterocycles. The minimum absolute atomic E-state index is 0.121. The number of nitro groups is 1. The van der Waals surface area contributed by atoms with E-state index >= 15 is 0 Å². The molecule has 7 heteroatoms. The molecule has 0 saturated carbocycles. The smallest absolute Gasteiger partial charge is 0.269 e. The molecule has 90 valence electrons. The summed E-state index contributed by atoms with van der Waals surface area (Å²) >= 11 is 0. The first-order valence-electron chi connectivity index (χ1n) is 4.62. The van der Waals surface area contributed by atoms with Gasteiger partial charge in [-0.3, -0.25) is 25.0 Å². The van der Waals surface area contributed by atoms with Crippen molar-refractivity contribution in [1.29, 1.82) is 0 Å². The number of hydrogen-bond acceptors (Lipinski definition) is 5. The number of imide groups is 1. The molecule has 0 unspecified atom stereocenters. The molecular weight excluding hydrogens is 228 g/mol. The van der Waals surface area contributed by atoms with Crippen molar-refractivity contribution in [2.45, 2.75) is 0 Å². The number of rotatable bonds is 4. The van der Waals surface area contributed by atoms with Crippen molar-refractivity contribution in [3.05, 3.63) is 39.9 Å². The first-order chi connectivity index (χ1) is 8.04. The van der Waals surface area contributed by atoms with Gasteiger partial charge in [0.2, 0.25) is 0 Å². The van der Waals surface area contributed by atoms with Gasteiger partial charge in [0.1, 0.15) is 6.61 Å². The van der Waals surface area contributed by atoms with Gasteiger partial charge >= 0.3 is 0 Å². The lowest BCUT2D eigenvalue weighted by Crippen LogP contribution is -2.33. The van der Waals surface area contributed by atoms with E-state index in [1.165, 1.54) is 31.4 Å². The Hall–Kier alpha value is -2.28. The van der Waals surface area contributed by atoms with Gasteiger partial charge in [-0.25, -0.2) is 0 Å². The Morgan fingerprint density at radius 1 is 1.35 bits per heavy atom. The second-order valence-electron chi connectivity index (χ2n) is 3.11. The summed E-state index contributed by atoms with van der Waals surface area (Å²) in [4.78, 5) is 32.3. The third kappa shape index (κ3) is 3.65. The molecule has 0 radical (unpaired) electrons. The van der Waals surface area contributed by atoms with Gasteiger partial charge in [-0.2, -0.15) is 0 Å². The average Bonchev–Trinajstić information content (AvgIpc) is 2.29. The maximum absolute atomic E-state index is 11.5. The molecule has 1 rings (SSSR count). The Labute approximate surface area is 96.5 Å². The van der Waals surface area contributed by atoms with Crippen LogP contribution in [0.25, 0.3) is 0 Å². The van der Waals surface area contributed by atoms with Crippen molar-refractivity contribution in [1.82, 2.24) is 5.32 Å². The zero-order chi connectivity index (χ0) is 12.8. The van der Waals surface area contributed by atoms with E-state index in [4.69, 9.17) is 0 Å². The quantitative estimate of drug-likeness (QED) is 0.608. The molecule has 1 N–H and O–H groups in total. The van der Waals surface area contributed by atoms with Gasteiger partial charge in [0.05, 0.1) is 4.92 Å². The second-order valence-corrected chi connectivity index (χ2v) is 3.11. The molecule has 0 atom stereocenters. The van der Waals surface area contributed by atoms with Gasteiger partial charge in [-0.15, -0.1) is 0 Å². The molecule has 0 aliphatic heterocycles. The summed E-state index contributed by atoms with van der Waals surface area (Å²) in [5, 5.41) is 12.5. The van der Waals surface area contributed by atoms with Crippen LogP contribution in [-0.4, -0.2) is 30.5 Å². The monoisotopic (exact) mass is 238 g/mol. The molecule has 0 saturated heterocycles. The van der Waals surface area contributed by atoms with Crippen molar-refractivity contribution in [2.75, 3.05) is 13.7 Å². The Morgan fingerprint density at radius 3 is 2.41 bits per heavy atom. The molecule has 0 aliphatic carbocycles. The van der Waals surface area contributed by atoms with Crippen LogP contribution in [0.15, 0.2) is 24.3 Å². The predicted molar refractivity (Wildman–Crippen MR) is 57.4 cm³/mol. The Bertz CT molecular complexity index is 441. The maximum Gasteiger partial charge on any atom is 0.269 e. The van der Waals surface area contributed by atoms with E-state index in [-0.39, 0.29) is 17.9 Å². The van der Waals surface area contributed by atoms with Crippen molar-refractivity contribution in [3.8, 4) is 0 Å². The van der Waals surface area contributed by atoms with Crippen molar-refractivity contribution >= 4 is 17.5 Å². The van der Waals surface area contributed by atoms with Crippen LogP contribution in [0.3, 0.4) is 0 Å². The van der Waals surface area contributed by atoms with Crippen LogP contribution in [-0.2, 0) is 9.53 Å². The lowest BCUT2D eigenvalue weighted by Gasteiger charge is -2.02. The van der Waals surface area contributed by atoms with Gasteiger partial charge in [0, 0.05) is 24.8 Å². The van der Waals surface area contributed by atoms with Gasteiger partial charge in [-0.05, 0) is 12.1 Å². The lowest BCUT2D eigenvalue weighted by molar-refractivity contribution is -0.384. The number of non-ortho nitro benzene ring substituents is 1. The van der Waals surface area contributed by atoms with Gasteiger partial charge in [0.15, 0.2) is 0 Å². The third-order valence-corrected chi connectivity index (χ3v) is 1.87. The zero-order valence-electron chi connectivity index (χ0n) is 9.00. The zero-order valence-corrected chi connectivity index (χ0v) is 9.00. The number of benzene rings is 1. The molecule has 0 aromatic heterocycles. The molecule has 1 aromatic carbocycles. The minimum Gasteiger partial charge on any atom is -0.375 e. The highest BCUT2D eigenvalue weighted by Crippen LogP contribution is 2.11. The number of nitrogens with zero attached hydrogens (tertiary/aromatic N) is 1. The topological polar surface area (TPSA) is 98.5 Å². The lowest BCUT2D eigenvalue weighted by atomic mass is 10.2. The predicted octanol–water partition coefficient (Wildman–Crippen LogP) is 0.498. The first-order valence-corrected chi connectivity index (χ1v) is 4.62. The summed E-state index contributed by atoms with van der Waals surface area (Å²) in [6.07, 6.45) is 0. The number of hydrogen-bond donors (Lipinski definition) is 1. The minimum atomic E-state index is -0.623. The number of nitro benzene ring substituents is 1. The number of carbonyl (C=O) groups is 2. The molecule has 17 heavy (non-hydrogen) atoms. The van der Waals surface area contributed by atoms with E-state index in [1.807, 2.05) is 0 Å². The van der Waals surface area contributed by atoms with Crippen LogP contribution in [0.4, 0.5) is 5.69 Å². The van der Waals surface area contributed by atoms with Gasteiger partial charge in [0.25, 0.3) is 17.5 Å². The number of carbonyl (C=O) groups excluding carboxylic acids is 2. The van der Waals surface area contributed by atoms with E-state index in [1.54, 1.807) is 0 Å². The molecule has 0 fully saturated rings. The molecule has 0 aliphatic rings. The van der Waals surface area contributed by atoms with E-state index in [0.717, 1.165) is 0 Å². The van der Waals surface area contributed by atoms with Crippen molar-refractivity contribution in [3.63, 3.8) is 0 Å². The fourth-order valence-corrected chi connectivity index (χ4v) is 1.10. The summed E-state index contributed by atoms with van der Waals surface area (Å²) in [7, 11) is 1.33. The molecule has 0 bridgehead atoms. The van der Waals surface area contributed by atoms with E-state index in [2.05, 4.69) is 10.1 Å². The summed E-state index contributed by atoms with van der Waals surface area (Å²) in [5.74, 6) is -1.20. The van der Waals surface area contributed by atoms with Crippen LogP contribution in [0.1, 0.15) is 10.4 Å². The highest BCUT2D eigenvalue weighted by molar-refractivity contribution is 6.05. The fourth-order valence-electron chi connectivity index (χ4n) is 1.10. The molecule has 0 spiro atoms. The van der Waals surface area contributed by atoms with Crippen molar-refractivity contribution < 1.29 is 19.2 Å².